The number of carbonyl (C=O) groups is 1. The van der Waals surface area contributed by atoms with E-state index in [0.29, 0.717) is 6.54 Å². The largest absolute Gasteiger partial charge is 0.352 e. The molecule has 4 heteroatoms. The number of rotatable bonds is 6. The van der Waals surface area contributed by atoms with Crippen molar-refractivity contribution in [2.24, 2.45) is 0 Å². The summed E-state index contributed by atoms with van der Waals surface area (Å²) in [6.07, 6.45) is 6.00. The van der Waals surface area contributed by atoms with E-state index in [0.717, 1.165) is 22.6 Å². The van der Waals surface area contributed by atoms with E-state index in [2.05, 4.69) is 28.5 Å². The molecule has 1 heterocycles. The van der Waals surface area contributed by atoms with Gasteiger partial charge in [0.2, 0.25) is 5.91 Å². The van der Waals surface area contributed by atoms with Gasteiger partial charge in [-0.15, -0.1) is 11.3 Å². The van der Waals surface area contributed by atoms with Crippen LogP contribution < -0.4 is 5.32 Å². The second-order valence-corrected chi connectivity index (χ2v) is 6.22. The zero-order valence-electron chi connectivity index (χ0n) is 13.2. The summed E-state index contributed by atoms with van der Waals surface area (Å²) in [5.41, 5.74) is 3.33. The first kappa shape index (κ1) is 16.1. The molecule has 1 N–H and O–H groups in total. The molecule has 3 rings (SSSR count). The standard InChI is InChI=1S/C20H18N2OS/c23-19(10-9-16-5-2-1-3-6-16)21-12-11-17-7-4-8-18(15-17)20-22-13-14-24-20/h1-10,13-15H,11-12H2,(H,21,23). The number of carbonyl (C=O) groups excluding carboxylic acids is 1. The van der Waals surface area contributed by atoms with Crippen LogP contribution in [0.5, 0.6) is 0 Å². The summed E-state index contributed by atoms with van der Waals surface area (Å²) < 4.78 is 0. The van der Waals surface area contributed by atoms with E-state index in [1.807, 2.05) is 54.1 Å². The van der Waals surface area contributed by atoms with Crippen LogP contribution in [-0.2, 0) is 11.2 Å². The quantitative estimate of drug-likeness (QED) is 0.687. The Balaban J connectivity index is 1.50. The molecule has 24 heavy (non-hydrogen) atoms. The van der Waals surface area contributed by atoms with E-state index in [-0.39, 0.29) is 5.91 Å². The molecule has 1 amide bonds. The van der Waals surface area contributed by atoms with Crippen LogP contribution in [0.15, 0.2) is 72.3 Å². The lowest BCUT2D eigenvalue weighted by Gasteiger charge is -2.04. The monoisotopic (exact) mass is 334 g/mol. The molecule has 0 fully saturated rings. The van der Waals surface area contributed by atoms with Gasteiger partial charge in [0.25, 0.3) is 0 Å². The third kappa shape index (κ3) is 4.64. The Morgan fingerprint density at radius 1 is 1.12 bits per heavy atom. The van der Waals surface area contributed by atoms with Crippen molar-refractivity contribution in [3.05, 3.63) is 83.4 Å². The van der Waals surface area contributed by atoms with Crippen LogP contribution in [0.1, 0.15) is 11.1 Å². The van der Waals surface area contributed by atoms with Gasteiger partial charge in [0.1, 0.15) is 5.01 Å². The molecule has 0 atom stereocenters. The summed E-state index contributed by atoms with van der Waals surface area (Å²) in [7, 11) is 0. The van der Waals surface area contributed by atoms with Crippen molar-refractivity contribution in [1.29, 1.82) is 0 Å². The second kappa shape index (κ2) is 8.22. The van der Waals surface area contributed by atoms with Crippen molar-refractivity contribution < 1.29 is 4.79 Å². The van der Waals surface area contributed by atoms with Crippen LogP contribution in [0.4, 0.5) is 0 Å². The van der Waals surface area contributed by atoms with E-state index < -0.39 is 0 Å². The molecule has 0 aliphatic rings. The number of amides is 1. The molecule has 0 bridgehead atoms. The third-order valence-corrected chi connectivity index (χ3v) is 4.37. The smallest absolute Gasteiger partial charge is 0.244 e. The average molecular weight is 334 g/mol. The van der Waals surface area contributed by atoms with Gasteiger partial charge in [0.05, 0.1) is 0 Å². The van der Waals surface area contributed by atoms with Gasteiger partial charge in [-0.2, -0.15) is 0 Å². The van der Waals surface area contributed by atoms with Crippen LogP contribution in [0.3, 0.4) is 0 Å². The maximum absolute atomic E-state index is 11.9. The number of thiazole rings is 1. The maximum atomic E-state index is 11.9. The highest BCUT2D eigenvalue weighted by atomic mass is 32.1. The number of hydrogen-bond acceptors (Lipinski definition) is 3. The van der Waals surface area contributed by atoms with Crippen LogP contribution in [-0.4, -0.2) is 17.4 Å². The topological polar surface area (TPSA) is 42.0 Å². The van der Waals surface area contributed by atoms with E-state index in [9.17, 15) is 4.79 Å². The fraction of sp³-hybridized carbons (Fsp3) is 0.100. The Morgan fingerprint density at radius 2 is 2.00 bits per heavy atom. The molecule has 0 radical (unpaired) electrons. The molecule has 0 spiro atoms. The highest BCUT2D eigenvalue weighted by Gasteiger charge is 2.02. The first-order valence-corrected chi connectivity index (χ1v) is 8.69. The molecule has 0 aliphatic heterocycles. The Kier molecular flexibility index (Phi) is 5.53. The minimum absolute atomic E-state index is 0.0741. The van der Waals surface area contributed by atoms with Crippen molar-refractivity contribution in [2.45, 2.75) is 6.42 Å². The molecule has 3 aromatic rings. The van der Waals surface area contributed by atoms with Gasteiger partial charge in [-0.1, -0.05) is 48.5 Å². The Bertz CT molecular complexity index is 811. The maximum Gasteiger partial charge on any atom is 0.244 e. The summed E-state index contributed by atoms with van der Waals surface area (Å²) in [6, 6.07) is 18.1. The van der Waals surface area contributed by atoms with Crippen molar-refractivity contribution in [2.75, 3.05) is 6.54 Å². The van der Waals surface area contributed by atoms with Crippen LogP contribution >= 0.6 is 11.3 Å². The zero-order valence-corrected chi connectivity index (χ0v) is 14.0. The number of nitrogens with zero attached hydrogens (tertiary/aromatic N) is 1. The number of nitrogens with one attached hydrogen (secondary N) is 1. The molecule has 120 valence electrons. The predicted octanol–water partition coefficient (Wildman–Crippen LogP) is 4.18. The average Bonchev–Trinajstić information content (AvgIpc) is 3.16. The van der Waals surface area contributed by atoms with Crippen molar-refractivity contribution in [3.8, 4) is 10.6 Å². The van der Waals surface area contributed by atoms with Gasteiger partial charge >= 0.3 is 0 Å². The van der Waals surface area contributed by atoms with E-state index >= 15 is 0 Å². The van der Waals surface area contributed by atoms with Crippen molar-refractivity contribution in [3.63, 3.8) is 0 Å². The van der Waals surface area contributed by atoms with Crippen molar-refractivity contribution in [1.82, 2.24) is 10.3 Å². The summed E-state index contributed by atoms with van der Waals surface area (Å²) in [6.45, 7) is 0.610. The molecular weight excluding hydrogens is 316 g/mol. The van der Waals surface area contributed by atoms with Gasteiger partial charge in [-0.3, -0.25) is 4.79 Å². The predicted molar refractivity (Wildman–Crippen MR) is 99.7 cm³/mol. The molecule has 0 aliphatic carbocycles. The lowest BCUT2D eigenvalue weighted by Crippen LogP contribution is -2.23. The Morgan fingerprint density at radius 3 is 2.79 bits per heavy atom. The zero-order chi connectivity index (χ0) is 16.6. The van der Waals surface area contributed by atoms with Gasteiger partial charge in [-0.25, -0.2) is 4.98 Å². The van der Waals surface area contributed by atoms with Gasteiger partial charge in [-0.05, 0) is 29.7 Å². The first-order valence-electron chi connectivity index (χ1n) is 7.81. The SMILES string of the molecule is O=C(C=Cc1ccccc1)NCCc1cccc(-c2nccs2)c1. The van der Waals surface area contributed by atoms with E-state index in [1.54, 1.807) is 17.4 Å². The van der Waals surface area contributed by atoms with E-state index in [1.165, 1.54) is 5.56 Å². The highest BCUT2D eigenvalue weighted by Crippen LogP contribution is 2.22. The molecule has 2 aromatic carbocycles. The number of aromatic nitrogens is 1. The molecule has 1 aromatic heterocycles. The number of benzene rings is 2. The normalized spacial score (nSPS) is 10.8. The van der Waals surface area contributed by atoms with Gasteiger partial charge in [0, 0.05) is 29.8 Å². The molecule has 0 saturated carbocycles. The van der Waals surface area contributed by atoms with Crippen molar-refractivity contribution >= 4 is 23.3 Å². The van der Waals surface area contributed by atoms with Gasteiger partial charge in [0.15, 0.2) is 0 Å². The number of hydrogen-bond donors (Lipinski definition) is 1. The van der Waals surface area contributed by atoms with Gasteiger partial charge < -0.3 is 5.32 Å². The molecular formula is C20H18N2OS. The summed E-state index contributed by atoms with van der Waals surface area (Å²) in [5.74, 6) is -0.0741. The Labute approximate surface area is 145 Å². The fourth-order valence-electron chi connectivity index (χ4n) is 2.35. The summed E-state index contributed by atoms with van der Waals surface area (Å²) >= 11 is 1.63. The second-order valence-electron chi connectivity index (χ2n) is 5.32. The van der Waals surface area contributed by atoms with Crippen LogP contribution in [0.25, 0.3) is 16.6 Å². The van der Waals surface area contributed by atoms with Crippen LogP contribution in [0, 0.1) is 0 Å². The van der Waals surface area contributed by atoms with Crippen LogP contribution in [0.2, 0.25) is 0 Å². The van der Waals surface area contributed by atoms with E-state index in [4.69, 9.17) is 0 Å². The molecule has 0 unspecified atom stereocenters. The first-order chi connectivity index (χ1) is 11.8. The molecule has 0 saturated heterocycles. The minimum atomic E-state index is -0.0741. The third-order valence-electron chi connectivity index (χ3n) is 3.55. The fourth-order valence-corrected chi connectivity index (χ4v) is 2.99. The lowest BCUT2D eigenvalue weighted by molar-refractivity contribution is -0.116. The molecule has 3 nitrogen and oxygen atoms in total. The minimum Gasteiger partial charge on any atom is -0.352 e. The summed E-state index contributed by atoms with van der Waals surface area (Å²) in [5, 5.41) is 5.91. The lowest BCUT2D eigenvalue weighted by atomic mass is 10.1. The summed E-state index contributed by atoms with van der Waals surface area (Å²) in [4.78, 5) is 16.2. The highest BCUT2D eigenvalue weighted by molar-refractivity contribution is 7.13. The Hall–Kier alpha value is -2.72.